The molecule has 2 aromatic carbocycles. The van der Waals surface area contributed by atoms with E-state index in [1.807, 2.05) is 43.3 Å². The number of benzene rings is 2. The number of carbonyl (C=O) groups excluding carboxylic acids is 2. The summed E-state index contributed by atoms with van der Waals surface area (Å²) in [7, 11) is 0. The number of hydrogen-bond donors (Lipinski definition) is 2. The Labute approximate surface area is 130 Å². The Morgan fingerprint density at radius 1 is 1.05 bits per heavy atom. The summed E-state index contributed by atoms with van der Waals surface area (Å²) < 4.78 is 0. The maximum absolute atomic E-state index is 12.0. The van der Waals surface area contributed by atoms with Gasteiger partial charge in [0.2, 0.25) is 5.91 Å². The first-order chi connectivity index (χ1) is 10.6. The van der Waals surface area contributed by atoms with E-state index in [9.17, 15) is 9.59 Å². The molecule has 0 bridgehead atoms. The minimum absolute atomic E-state index is 0.0525. The van der Waals surface area contributed by atoms with E-state index in [1.165, 1.54) is 0 Å². The van der Waals surface area contributed by atoms with Crippen LogP contribution in [0.2, 0.25) is 0 Å². The second-order valence-corrected chi connectivity index (χ2v) is 5.15. The molecular formula is C18H20N2O2. The van der Waals surface area contributed by atoms with E-state index in [0.717, 1.165) is 23.2 Å². The SMILES string of the molecule is CCc1cccc(NC(=O)CNC(=O)c2cccc(C)c2)c1. The molecule has 2 N–H and O–H groups in total. The molecule has 2 rings (SSSR count). The van der Waals surface area contributed by atoms with Crippen LogP contribution in [-0.2, 0) is 11.2 Å². The van der Waals surface area contributed by atoms with E-state index in [-0.39, 0.29) is 18.4 Å². The first-order valence-corrected chi connectivity index (χ1v) is 7.32. The molecule has 2 amide bonds. The smallest absolute Gasteiger partial charge is 0.251 e. The van der Waals surface area contributed by atoms with Crippen molar-refractivity contribution in [2.24, 2.45) is 0 Å². The Balaban J connectivity index is 1.88. The zero-order chi connectivity index (χ0) is 15.9. The van der Waals surface area contributed by atoms with Gasteiger partial charge in [0.15, 0.2) is 0 Å². The second-order valence-electron chi connectivity index (χ2n) is 5.15. The van der Waals surface area contributed by atoms with Gasteiger partial charge in [0.05, 0.1) is 6.54 Å². The molecule has 0 fully saturated rings. The van der Waals surface area contributed by atoms with Gasteiger partial charge in [-0.25, -0.2) is 0 Å². The number of hydrogen-bond acceptors (Lipinski definition) is 2. The van der Waals surface area contributed by atoms with Crippen LogP contribution in [0.4, 0.5) is 5.69 Å². The summed E-state index contributed by atoms with van der Waals surface area (Å²) >= 11 is 0. The summed E-state index contributed by atoms with van der Waals surface area (Å²) in [5.74, 6) is -0.490. The molecule has 114 valence electrons. The number of anilines is 1. The topological polar surface area (TPSA) is 58.2 Å². The van der Waals surface area contributed by atoms with E-state index in [2.05, 4.69) is 17.6 Å². The van der Waals surface area contributed by atoms with Crippen molar-refractivity contribution < 1.29 is 9.59 Å². The zero-order valence-corrected chi connectivity index (χ0v) is 12.8. The fraction of sp³-hybridized carbons (Fsp3) is 0.222. The lowest BCUT2D eigenvalue weighted by molar-refractivity contribution is -0.115. The van der Waals surface area contributed by atoms with Crippen LogP contribution in [0, 0.1) is 6.92 Å². The molecule has 0 spiro atoms. The van der Waals surface area contributed by atoms with Crippen LogP contribution in [0.1, 0.15) is 28.4 Å². The summed E-state index contributed by atoms with van der Waals surface area (Å²) in [5, 5.41) is 5.40. The number of amides is 2. The van der Waals surface area contributed by atoms with E-state index in [0.29, 0.717) is 5.56 Å². The van der Waals surface area contributed by atoms with Crippen LogP contribution in [0.25, 0.3) is 0 Å². The summed E-state index contributed by atoms with van der Waals surface area (Å²) in [6.45, 7) is 3.93. The van der Waals surface area contributed by atoms with Gasteiger partial charge < -0.3 is 10.6 Å². The molecule has 0 saturated heterocycles. The van der Waals surface area contributed by atoms with Crippen molar-refractivity contribution in [2.45, 2.75) is 20.3 Å². The Kier molecular flexibility index (Phi) is 5.31. The van der Waals surface area contributed by atoms with Gasteiger partial charge in [-0.05, 0) is 43.2 Å². The highest BCUT2D eigenvalue weighted by Crippen LogP contribution is 2.10. The van der Waals surface area contributed by atoms with Crippen molar-refractivity contribution >= 4 is 17.5 Å². The van der Waals surface area contributed by atoms with Crippen LogP contribution in [-0.4, -0.2) is 18.4 Å². The molecule has 0 heterocycles. The Hall–Kier alpha value is -2.62. The van der Waals surface area contributed by atoms with Crippen molar-refractivity contribution in [1.82, 2.24) is 5.32 Å². The summed E-state index contributed by atoms with van der Waals surface area (Å²) in [6, 6.07) is 14.9. The standard InChI is InChI=1S/C18H20N2O2/c1-3-14-7-5-9-16(11-14)20-17(21)12-19-18(22)15-8-4-6-13(2)10-15/h4-11H,3,12H2,1-2H3,(H,19,22)(H,20,21). The molecule has 0 aromatic heterocycles. The quantitative estimate of drug-likeness (QED) is 0.891. The van der Waals surface area contributed by atoms with Crippen LogP contribution < -0.4 is 10.6 Å². The number of carbonyl (C=O) groups is 2. The lowest BCUT2D eigenvalue weighted by atomic mass is 10.1. The van der Waals surface area contributed by atoms with Gasteiger partial charge >= 0.3 is 0 Å². The normalized spacial score (nSPS) is 10.1. The van der Waals surface area contributed by atoms with Gasteiger partial charge in [-0.3, -0.25) is 9.59 Å². The highest BCUT2D eigenvalue weighted by Gasteiger charge is 2.08. The van der Waals surface area contributed by atoms with Crippen LogP contribution in [0.15, 0.2) is 48.5 Å². The fourth-order valence-corrected chi connectivity index (χ4v) is 2.12. The second kappa shape index (κ2) is 7.41. The fourth-order valence-electron chi connectivity index (χ4n) is 2.12. The third kappa shape index (κ3) is 4.45. The molecule has 4 nitrogen and oxygen atoms in total. The average Bonchev–Trinajstić information content (AvgIpc) is 2.52. The number of nitrogens with one attached hydrogen (secondary N) is 2. The van der Waals surface area contributed by atoms with E-state index >= 15 is 0 Å². The van der Waals surface area contributed by atoms with Crippen LogP contribution in [0.5, 0.6) is 0 Å². The maximum Gasteiger partial charge on any atom is 0.251 e. The highest BCUT2D eigenvalue weighted by molar-refractivity contribution is 5.99. The van der Waals surface area contributed by atoms with Crippen molar-refractivity contribution in [3.05, 3.63) is 65.2 Å². The predicted octanol–water partition coefficient (Wildman–Crippen LogP) is 2.93. The monoisotopic (exact) mass is 296 g/mol. The lowest BCUT2D eigenvalue weighted by Gasteiger charge is -2.08. The maximum atomic E-state index is 12.0. The van der Waals surface area contributed by atoms with E-state index in [1.54, 1.807) is 12.1 Å². The van der Waals surface area contributed by atoms with Crippen LogP contribution in [0.3, 0.4) is 0 Å². The summed E-state index contributed by atoms with van der Waals surface area (Å²) in [4.78, 5) is 23.9. The first-order valence-electron chi connectivity index (χ1n) is 7.32. The molecule has 0 aliphatic heterocycles. The Bertz CT molecular complexity index is 680. The van der Waals surface area contributed by atoms with Crippen molar-refractivity contribution in [2.75, 3.05) is 11.9 Å². The number of aryl methyl sites for hydroxylation is 2. The van der Waals surface area contributed by atoms with Gasteiger partial charge in [0.1, 0.15) is 0 Å². The third-order valence-corrected chi connectivity index (χ3v) is 3.31. The molecule has 2 aromatic rings. The van der Waals surface area contributed by atoms with Crippen molar-refractivity contribution in [1.29, 1.82) is 0 Å². The van der Waals surface area contributed by atoms with Gasteiger partial charge in [-0.1, -0.05) is 36.8 Å². The van der Waals surface area contributed by atoms with E-state index in [4.69, 9.17) is 0 Å². The Morgan fingerprint density at radius 2 is 1.82 bits per heavy atom. The molecule has 0 radical (unpaired) electrons. The van der Waals surface area contributed by atoms with Gasteiger partial charge in [0, 0.05) is 11.3 Å². The third-order valence-electron chi connectivity index (χ3n) is 3.31. The molecule has 0 aliphatic rings. The summed E-state index contributed by atoms with van der Waals surface area (Å²) in [5.41, 5.74) is 3.46. The largest absolute Gasteiger partial charge is 0.343 e. The molecular weight excluding hydrogens is 276 g/mol. The predicted molar refractivity (Wildman–Crippen MR) is 88.0 cm³/mol. The minimum Gasteiger partial charge on any atom is -0.343 e. The van der Waals surface area contributed by atoms with Gasteiger partial charge in [-0.2, -0.15) is 0 Å². The van der Waals surface area contributed by atoms with Crippen molar-refractivity contribution in [3.8, 4) is 0 Å². The Morgan fingerprint density at radius 3 is 2.55 bits per heavy atom. The first kappa shape index (κ1) is 15.8. The number of rotatable bonds is 5. The highest BCUT2D eigenvalue weighted by atomic mass is 16.2. The molecule has 22 heavy (non-hydrogen) atoms. The zero-order valence-electron chi connectivity index (χ0n) is 12.8. The minimum atomic E-state index is -0.249. The van der Waals surface area contributed by atoms with Crippen LogP contribution >= 0.6 is 0 Å². The van der Waals surface area contributed by atoms with Crippen molar-refractivity contribution in [3.63, 3.8) is 0 Å². The molecule has 0 atom stereocenters. The van der Waals surface area contributed by atoms with Gasteiger partial charge in [-0.15, -0.1) is 0 Å². The molecule has 4 heteroatoms. The van der Waals surface area contributed by atoms with E-state index < -0.39 is 0 Å². The molecule has 0 unspecified atom stereocenters. The lowest BCUT2D eigenvalue weighted by Crippen LogP contribution is -2.32. The van der Waals surface area contributed by atoms with Gasteiger partial charge in [0.25, 0.3) is 5.91 Å². The average molecular weight is 296 g/mol. The molecule has 0 saturated carbocycles. The molecule has 0 aliphatic carbocycles. The summed E-state index contributed by atoms with van der Waals surface area (Å²) in [6.07, 6.45) is 0.911.